The highest BCUT2D eigenvalue weighted by Crippen LogP contribution is 2.09. The molecular formula is C11H21N3. The predicted molar refractivity (Wildman–Crippen MR) is 60.8 cm³/mol. The highest BCUT2D eigenvalue weighted by atomic mass is 15.2. The summed E-state index contributed by atoms with van der Waals surface area (Å²) in [7, 11) is 0. The number of piperazine rings is 1. The van der Waals surface area contributed by atoms with Crippen molar-refractivity contribution in [2.45, 2.75) is 20.3 Å². The van der Waals surface area contributed by atoms with Gasteiger partial charge in [0.2, 0.25) is 0 Å². The number of hydrogen-bond acceptors (Lipinski definition) is 3. The summed E-state index contributed by atoms with van der Waals surface area (Å²) < 4.78 is 0. The van der Waals surface area contributed by atoms with Gasteiger partial charge in [-0.1, -0.05) is 13.0 Å². The summed E-state index contributed by atoms with van der Waals surface area (Å²) in [5.74, 6) is 0. The number of nitrogens with two attached hydrogens (primary N) is 1. The normalized spacial score (nSPS) is 20.0. The average molecular weight is 195 g/mol. The van der Waals surface area contributed by atoms with E-state index in [1.807, 2.05) is 6.92 Å². The maximum atomic E-state index is 5.71. The molecule has 3 heteroatoms. The molecule has 0 radical (unpaired) electrons. The Labute approximate surface area is 86.7 Å². The van der Waals surface area contributed by atoms with Crippen molar-refractivity contribution in [1.29, 1.82) is 0 Å². The number of rotatable bonds is 3. The van der Waals surface area contributed by atoms with Gasteiger partial charge < -0.3 is 16.0 Å². The van der Waals surface area contributed by atoms with Crippen LogP contribution in [0.15, 0.2) is 23.5 Å². The van der Waals surface area contributed by atoms with Crippen LogP contribution in [-0.2, 0) is 0 Å². The first-order valence-corrected chi connectivity index (χ1v) is 5.33. The van der Waals surface area contributed by atoms with Gasteiger partial charge in [0.05, 0.1) is 0 Å². The van der Waals surface area contributed by atoms with Crippen LogP contribution in [0, 0.1) is 0 Å². The summed E-state index contributed by atoms with van der Waals surface area (Å²) in [6.07, 6.45) is 5.36. The minimum absolute atomic E-state index is 0.878. The minimum Gasteiger partial charge on any atom is -0.402 e. The molecule has 1 aliphatic rings. The maximum absolute atomic E-state index is 5.71. The first-order valence-electron chi connectivity index (χ1n) is 5.33. The van der Waals surface area contributed by atoms with Gasteiger partial charge in [0.1, 0.15) is 0 Å². The predicted octanol–water partition coefficient (Wildman–Crippen LogP) is 1.05. The molecule has 3 nitrogen and oxygen atoms in total. The summed E-state index contributed by atoms with van der Waals surface area (Å²) in [5.41, 5.74) is 7.86. The van der Waals surface area contributed by atoms with E-state index in [4.69, 9.17) is 5.73 Å². The van der Waals surface area contributed by atoms with Gasteiger partial charge in [-0.05, 0) is 19.4 Å². The van der Waals surface area contributed by atoms with Crippen molar-refractivity contribution in [3.05, 3.63) is 23.5 Å². The molecule has 0 aromatic carbocycles. The van der Waals surface area contributed by atoms with E-state index >= 15 is 0 Å². The highest BCUT2D eigenvalue weighted by molar-refractivity contribution is 5.20. The van der Waals surface area contributed by atoms with Crippen molar-refractivity contribution in [1.82, 2.24) is 10.2 Å². The molecule has 1 fully saturated rings. The Bertz CT molecular complexity index is 221. The molecule has 0 amide bonds. The molecule has 1 aliphatic heterocycles. The average Bonchev–Trinajstić information content (AvgIpc) is 2.18. The smallest absolute Gasteiger partial charge is 0.0343 e. The number of hydrogen-bond donors (Lipinski definition) is 2. The van der Waals surface area contributed by atoms with Crippen LogP contribution in [-0.4, -0.2) is 31.1 Å². The second kappa shape index (κ2) is 5.70. The standard InChI is InChI=1S/C11H21N3/c1-3-4-11(9-10(2)12)14-7-5-13-6-8-14/h4,9,13H,3,5-8,12H2,1-2H3/b10-9-,11-4+. The van der Waals surface area contributed by atoms with Crippen LogP contribution in [0.3, 0.4) is 0 Å². The zero-order valence-electron chi connectivity index (χ0n) is 9.21. The van der Waals surface area contributed by atoms with E-state index < -0.39 is 0 Å². The van der Waals surface area contributed by atoms with Gasteiger partial charge in [-0.2, -0.15) is 0 Å². The van der Waals surface area contributed by atoms with E-state index in [9.17, 15) is 0 Å². The summed E-state index contributed by atoms with van der Waals surface area (Å²) in [5, 5.41) is 3.34. The number of nitrogens with zero attached hydrogens (tertiary/aromatic N) is 1. The molecule has 0 bridgehead atoms. The first-order chi connectivity index (χ1) is 6.74. The molecule has 0 spiro atoms. The molecular weight excluding hydrogens is 174 g/mol. The zero-order chi connectivity index (χ0) is 10.4. The zero-order valence-corrected chi connectivity index (χ0v) is 9.21. The lowest BCUT2D eigenvalue weighted by atomic mass is 10.2. The van der Waals surface area contributed by atoms with Gasteiger partial charge >= 0.3 is 0 Å². The van der Waals surface area contributed by atoms with Crippen molar-refractivity contribution in [3.63, 3.8) is 0 Å². The molecule has 80 valence electrons. The maximum Gasteiger partial charge on any atom is 0.0343 e. The molecule has 3 N–H and O–H groups in total. The van der Waals surface area contributed by atoms with Crippen LogP contribution in [0.1, 0.15) is 20.3 Å². The van der Waals surface area contributed by atoms with Gasteiger partial charge in [-0.3, -0.25) is 0 Å². The van der Waals surface area contributed by atoms with E-state index in [0.717, 1.165) is 38.3 Å². The fourth-order valence-corrected chi connectivity index (χ4v) is 1.64. The minimum atomic E-state index is 0.878. The largest absolute Gasteiger partial charge is 0.402 e. The Balaban J connectivity index is 2.66. The fraction of sp³-hybridized carbons (Fsp3) is 0.636. The molecule has 0 aliphatic carbocycles. The van der Waals surface area contributed by atoms with Crippen molar-refractivity contribution in [2.24, 2.45) is 5.73 Å². The van der Waals surface area contributed by atoms with E-state index in [1.54, 1.807) is 0 Å². The van der Waals surface area contributed by atoms with Crippen LogP contribution in [0.25, 0.3) is 0 Å². The van der Waals surface area contributed by atoms with Crippen LogP contribution in [0.2, 0.25) is 0 Å². The van der Waals surface area contributed by atoms with E-state index in [0.29, 0.717) is 0 Å². The van der Waals surface area contributed by atoms with Gasteiger partial charge in [0, 0.05) is 37.6 Å². The van der Waals surface area contributed by atoms with E-state index in [2.05, 4.69) is 29.3 Å². The van der Waals surface area contributed by atoms with Crippen LogP contribution in [0.5, 0.6) is 0 Å². The van der Waals surface area contributed by atoms with Crippen LogP contribution >= 0.6 is 0 Å². The fourth-order valence-electron chi connectivity index (χ4n) is 1.64. The van der Waals surface area contributed by atoms with Crippen molar-refractivity contribution >= 4 is 0 Å². The van der Waals surface area contributed by atoms with Gasteiger partial charge in [-0.25, -0.2) is 0 Å². The van der Waals surface area contributed by atoms with Gasteiger partial charge in [-0.15, -0.1) is 0 Å². The molecule has 0 atom stereocenters. The topological polar surface area (TPSA) is 41.3 Å². The third-order valence-electron chi connectivity index (χ3n) is 2.27. The van der Waals surface area contributed by atoms with Crippen LogP contribution in [0.4, 0.5) is 0 Å². The SMILES string of the molecule is CC/C=C(\C=C(\C)N)N1CCNCC1. The lowest BCUT2D eigenvalue weighted by Gasteiger charge is -2.30. The monoisotopic (exact) mass is 195 g/mol. The van der Waals surface area contributed by atoms with Gasteiger partial charge in [0.15, 0.2) is 0 Å². The number of nitrogens with one attached hydrogen (secondary N) is 1. The molecule has 14 heavy (non-hydrogen) atoms. The highest BCUT2D eigenvalue weighted by Gasteiger charge is 2.10. The Hall–Kier alpha value is -0.960. The molecule has 1 rings (SSSR count). The first kappa shape index (κ1) is 11.1. The quantitative estimate of drug-likeness (QED) is 0.661. The summed E-state index contributed by atoms with van der Waals surface area (Å²) >= 11 is 0. The molecule has 0 saturated carbocycles. The van der Waals surface area contributed by atoms with Crippen molar-refractivity contribution in [3.8, 4) is 0 Å². The second-order valence-electron chi connectivity index (χ2n) is 3.66. The van der Waals surface area contributed by atoms with Crippen molar-refractivity contribution < 1.29 is 0 Å². The lowest BCUT2D eigenvalue weighted by molar-refractivity contribution is 0.306. The molecule has 0 aromatic rings. The molecule has 0 aromatic heterocycles. The summed E-state index contributed by atoms with van der Waals surface area (Å²) in [6.45, 7) is 8.38. The lowest BCUT2D eigenvalue weighted by Crippen LogP contribution is -2.42. The van der Waals surface area contributed by atoms with Crippen molar-refractivity contribution in [2.75, 3.05) is 26.2 Å². The Morgan fingerprint density at radius 2 is 2.07 bits per heavy atom. The molecule has 0 unspecified atom stereocenters. The Kier molecular flexibility index (Phi) is 4.53. The molecule has 1 saturated heterocycles. The van der Waals surface area contributed by atoms with E-state index in [-0.39, 0.29) is 0 Å². The number of allylic oxidation sites excluding steroid dienone is 3. The molecule has 1 heterocycles. The van der Waals surface area contributed by atoms with Gasteiger partial charge in [0.25, 0.3) is 0 Å². The third kappa shape index (κ3) is 3.42. The Morgan fingerprint density at radius 3 is 2.57 bits per heavy atom. The third-order valence-corrected chi connectivity index (χ3v) is 2.27. The second-order valence-corrected chi connectivity index (χ2v) is 3.66. The summed E-state index contributed by atoms with van der Waals surface area (Å²) in [6, 6.07) is 0. The van der Waals surface area contributed by atoms with E-state index in [1.165, 1.54) is 5.70 Å². The van der Waals surface area contributed by atoms with Crippen LogP contribution < -0.4 is 11.1 Å². The Morgan fingerprint density at radius 1 is 1.43 bits per heavy atom. The summed E-state index contributed by atoms with van der Waals surface area (Å²) in [4.78, 5) is 2.39.